The fourth-order valence-corrected chi connectivity index (χ4v) is 10.7. The summed E-state index contributed by atoms with van der Waals surface area (Å²) in [6.45, 7) is 84.0. The first-order valence-electron chi connectivity index (χ1n) is 42.5. The van der Waals surface area contributed by atoms with Gasteiger partial charge in [-0.25, -0.2) is 0 Å². The summed E-state index contributed by atoms with van der Waals surface area (Å²) in [5.41, 5.74) is 25.4. The second kappa shape index (κ2) is 96.9. The van der Waals surface area contributed by atoms with Crippen LogP contribution in [0.5, 0.6) is 0 Å². The normalized spacial score (nSPS) is 8.67. The van der Waals surface area contributed by atoms with E-state index < -0.39 is 0 Å². The molecule has 3 nitrogen and oxygen atoms in total. The Balaban J connectivity index is -0.0000000748. The molecule has 0 spiro atoms. The van der Waals surface area contributed by atoms with E-state index in [-0.39, 0.29) is 44.6 Å². The van der Waals surface area contributed by atoms with Crippen molar-refractivity contribution < 1.29 is 0 Å². The first-order valence-corrected chi connectivity index (χ1v) is 42.5. The minimum atomic E-state index is 0. The molecule has 630 valence electrons. The minimum Gasteiger partial charge on any atom is -0.309 e. The molecule has 1 aromatic heterocycles. The molecule has 0 saturated heterocycles. The molecular formula is C107H187N3. The summed E-state index contributed by atoms with van der Waals surface area (Å²) in [5, 5.41) is 2.67. The molecule has 0 N–H and O–H groups in total. The molecule has 6 heterocycles. The SMILES string of the molecule is C.C.C.C.C.C.CC.CC.CC.CC.CC.CC.CC.CC.CC.CC.CC.CC.CC.CC.CC.CC.CC.CC.CC.CC.CC.c1cc2c(cc#1)-n1c3ccccc3c3cccc(c31)C2.c1cc2c(cc#1)N1c3ccccc3Cc3cccc(c31)C2.c1cc2c3c(c#1)Cc1ccccc1N3c1ccccc1C2. The fourth-order valence-electron chi connectivity index (χ4n) is 10.7. The topological polar surface area (TPSA) is 11.4 Å². The molecule has 0 saturated carbocycles. The van der Waals surface area contributed by atoms with Gasteiger partial charge in [-0.05, 0) is 92.5 Å². The number of rotatable bonds is 0. The van der Waals surface area contributed by atoms with Crippen LogP contribution in [0.3, 0.4) is 0 Å². The average Bonchev–Trinajstić information content (AvgIpc) is 1.25. The first-order chi connectivity index (χ1) is 51.8. The number of hydrogen-bond donors (Lipinski definition) is 0. The second-order valence-electron chi connectivity index (χ2n) is 16.8. The van der Waals surface area contributed by atoms with E-state index in [1.165, 1.54) is 117 Å². The van der Waals surface area contributed by atoms with Gasteiger partial charge in [0.25, 0.3) is 0 Å². The van der Waals surface area contributed by atoms with Crippen LogP contribution in [0.15, 0.2) is 164 Å². The van der Waals surface area contributed by atoms with Crippen LogP contribution in [-0.2, 0) is 32.1 Å². The highest BCUT2D eigenvalue weighted by molar-refractivity contribution is 6.11. The zero-order chi connectivity index (χ0) is 82.7. The molecule has 0 bridgehead atoms. The minimum absolute atomic E-state index is 0. The van der Waals surface area contributed by atoms with Gasteiger partial charge in [0.15, 0.2) is 0 Å². The summed E-state index contributed by atoms with van der Waals surface area (Å²) in [7, 11) is 0. The number of fused-ring (bicyclic) bond motifs is 13. The van der Waals surface area contributed by atoms with Crippen LogP contribution in [0.25, 0.3) is 27.5 Å². The fraction of sp³-hybridized carbons (Fsp3) is 0.495. The van der Waals surface area contributed by atoms with E-state index in [2.05, 4.69) is 215 Å². The van der Waals surface area contributed by atoms with Gasteiger partial charge in [-0.3, -0.25) is 0 Å². The lowest BCUT2D eigenvalue weighted by Gasteiger charge is -2.38. The van der Waals surface area contributed by atoms with Crippen molar-refractivity contribution in [3.63, 3.8) is 0 Å². The van der Waals surface area contributed by atoms with Gasteiger partial charge in [-0.1, -0.05) is 481 Å². The van der Waals surface area contributed by atoms with Gasteiger partial charge >= 0.3 is 0 Å². The van der Waals surface area contributed by atoms with Crippen LogP contribution in [0.4, 0.5) is 34.1 Å². The van der Waals surface area contributed by atoms with Gasteiger partial charge in [0.2, 0.25) is 0 Å². The summed E-state index contributed by atoms with van der Waals surface area (Å²) in [4.78, 5) is 4.82. The Labute approximate surface area is 695 Å². The van der Waals surface area contributed by atoms with Gasteiger partial charge < -0.3 is 14.4 Å². The Hall–Kier alpha value is -8.16. The standard InChI is InChI=1S/2C20H13N.C19H11N.21C2H6.6CH4/c2*1-3-10-18-14(6-1)12-16-8-5-9-17-13-15-7-2-4-11-19(15)21(18)20(16)17;1-3-10-17-13(6-1)12-14-7-5-9-16-15-8-2-4-11-18(15)20(17)19(14)16;21*1-2;;;;;;/h1,3,5-11H,12-13H2;1-4,6-8,10-11H,12-13H2;2,4-11H,12H2;21*1-2H3;6*1H4. The molecule has 10 aromatic rings. The van der Waals surface area contributed by atoms with Crippen LogP contribution in [0.2, 0.25) is 0 Å². The number of anilines is 6. The summed E-state index contributed by atoms with van der Waals surface area (Å²) in [5.74, 6) is 0. The summed E-state index contributed by atoms with van der Waals surface area (Å²) in [6, 6.07) is 77.3. The van der Waals surface area contributed by atoms with Crippen molar-refractivity contribution >= 4 is 55.9 Å². The average molecular weight is 1520 g/mol. The van der Waals surface area contributed by atoms with Gasteiger partial charge in [-0.15, -0.1) is 0 Å². The predicted molar refractivity (Wildman–Crippen MR) is 529 cm³/mol. The molecule has 0 aliphatic carbocycles. The molecule has 0 radical (unpaired) electrons. The quantitative estimate of drug-likeness (QED) is 0.150. The molecule has 3 heteroatoms. The second-order valence-corrected chi connectivity index (χ2v) is 16.8. The van der Waals surface area contributed by atoms with Crippen LogP contribution in [0, 0.1) is 36.4 Å². The smallest absolute Gasteiger partial charge is 0.0622 e. The molecule has 9 aromatic carbocycles. The van der Waals surface area contributed by atoms with E-state index in [0.717, 1.165) is 32.1 Å². The highest BCUT2D eigenvalue weighted by Gasteiger charge is 2.32. The Morgan fingerprint density at radius 3 is 0.900 bits per heavy atom. The Kier molecular flexibility index (Phi) is 121. The lowest BCUT2D eigenvalue weighted by molar-refractivity contribution is 1.01. The van der Waals surface area contributed by atoms with E-state index in [4.69, 9.17) is 0 Å². The molecule has 0 atom stereocenters. The van der Waals surface area contributed by atoms with Gasteiger partial charge in [0.05, 0.1) is 33.8 Å². The highest BCUT2D eigenvalue weighted by atomic mass is 15.2. The number of para-hydroxylation sites is 6. The van der Waals surface area contributed by atoms with Crippen molar-refractivity contribution in [1.82, 2.24) is 4.57 Å². The summed E-state index contributed by atoms with van der Waals surface area (Å²) >= 11 is 0. The van der Waals surface area contributed by atoms with E-state index >= 15 is 0 Å². The number of nitrogens with zero attached hydrogens (tertiary/aromatic N) is 3. The number of benzene rings is 6. The number of aromatic nitrogens is 1. The van der Waals surface area contributed by atoms with Gasteiger partial charge in [-0.2, -0.15) is 0 Å². The summed E-state index contributed by atoms with van der Waals surface area (Å²) < 4.78 is 2.38. The van der Waals surface area contributed by atoms with E-state index in [0.29, 0.717) is 0 Å². The monoisotopic (exact) mass is 1510 g/mol. The van der Waals surface area contributed by atoms with E-state index in [1.54, 1.807) is 0 Å². The maximum absolute atomic E-state index is 3.33. The highest BCUT2D eigenvalue weighted by Crippen LogP contribution is 2.51. The molecular weight excluding hydrogens is 1330 g/mol. The van der Waals surface area contributed by atoms with Crippen LogP contribution >= 0.6 is 0 Å². The van der Waals surface area contributed by atoms with Crippen LogP contribution in [-0.4, -0.2) is 4.57 Å². The van der Waals surface area contributed by atoms with Crippen LogP contribution < -0.4 is 9.80 Å². The largest absolute Gasteiger partial charge is 0.309 e. The molecule has 0 unspecified atom stereocenters. The first kappa shape index (κ1) is 137. The van der Waals surface area contributed by atoms with Crippen molar-refractivity contribution in [3.05, 3.63) is 256 Å². The zero-order valence-corrected chi connectivity index (χ0v) is 76.0. The Morgan fingerprint density at radius 2 is 0.482 bits per heavy atom. The Bertz CT molecular complexity index is 3140. The molecule has 110 heavy (non-hydrogen) atoms. The third-order valence-corrected chi connectivity index (χ3v) is 13.3. The predicted octanol–water partition coefficient (Wildman–Crippen LogP) is 38.8. The van der Waals surface area contributed by atoms with Crippen molar-refractivity contribution in [2.45, 2.75) is 367 Å². The Morgan fingerprint density at radius 1 is 0.209 bits per heavy atom. The molecule has 0 fully saturated rings. The van der Waals surface area contributed by atoms with Crippen molar-refractivity contribution in [2.75, 3.05) is 9.80 Å². The third kappa shape index (κ3) is 38.2. The molecule has 15 rings (SSSR count). The lowest BCUT2D eigenvalue weighted by Crippen LogP contribution is -2.24. The number of hydrogen-bond acceptors (Lipinski definition) is 2. The lowest BCUT2D eigenvalue weighted by atomic mass is 9.87. The van der Waals surface area contributed by atoms with E-state index in [9.17, 15) is 0 Å². The molecule has 5 aliphatic heterocycles. The maximum Gasteiger partial charge on any atom is 0.0622 e. The molecule has 0 amide bonds. The van der Waals surface area contributed by atoms with Crippen molar-refractivity contribution in [3.8, 4) is 5.69 Å². The third-order valence-electron chi connectivity index (χ3n) is 13.3. The zero-order valence-electron chi connectivity index (χ0n) is 76.0. The molecule has 5 aliphatic rings. The summed E-state index contributed by atoms with van der Waals surface area (Å²) in [6.07, 6.45) is 4.93. The van der Waals surface area contributed by atoms with Crippen molar-refractivity contribution in [2.24, 2.45) is 0 Å². The maximum atomic E-state index is 3.33. The van der Waals surface area contributed by atoms with Gasteiger partial charge in [0.1, 0.15) is 0 Å². The van der Waals surface area contributed by atoms with Crippen LogP contribution in [0.1, 0.15) is 391 Å². The van der Waals surface area contributed by atoms with Gasteiger partial charge in [0, 0.05) is 77.6 Å². The van der Waals surface area contributed by atoms with Crippen molar-refractivity contribution in [1.29, 1.82) is 0 Å². The van der Waals surface area contributed by atoms with E-state index in [1.807, 2.05) is 291 Å².